The van der Waals surface area contributed by atoms with E-state index in [1.807, 2.05) is 45.0 Å². The molecule has 0 spiro atoms. The average Bonchev–Trinajstić information content (AvgIpc) is 2.96. The molecule has 0 fully saturated rings. The lowest BCUT2D eigenvalue weighted by Crippen LogP contribution is -2.40. The number of nitrogens with one attached hydrogen (secondary N) is 1. The van der Waals surface area contributed by atoms with Crippen LogP contribution >= 0.6 is 0 Å². The van der Waals surface area contributed by atoms with Gasteiger partial charge in [0.05, 0.1) is 18.8 Å². The second kappa shape index (κ2) is 6.50. The van der Waals surface area contributed by atoms with Crippen molar-refractivity contribution < 1.29 is 14.3 Å². The highest BCUT2D eigenvalue weighted by Crippen LogP contribution is 2.31. The zero-order chi connectivity index (χ0) is 15.5. The van der Waals surface area contributed by atoms with Crippen molar-refractivity contribution in [1.82, 2.24) is 5.32 Å². The summed E-state index contributed by atoms with van der Waals surface area (Å²) in [5.74, 6) is 1.59. The smallest absolute Gasteiger partial charge is 0.176 e. The Balaban J connectivity index is 2.14. The molecule has 1 unspecified atom stereocenters. The first-order valence-corrected chi connectivity index (χ1v) is 7.55. The summed E-state index contributed by atoms with van der Waals surface area (Å²) in [7, 11) is 1.64. The zero-order valence-corrected chi connectivity index (χ0v) is 13.3. The van der Waals surface area contributed by atoms with E-state index in [0.29, 0.717) is 6.54 Å². The molecule has 0 saturated carbocycles. The van der Waals surface area contributed by atoms with E-state index in [4.69, 9.17) is 9.15 Å². The number of para-hydroxylation sites is 1. The average molecular weight is 291 g/mol. The molecule has 0 bridgehead atoms. The molecule has 116 valence electrons. The van der Waals surface area contributed by atoms with Crippen molar-refractivity contribution in [2.24, 2.45) is 0 Å². The van der Waals surface area contributed by atoms with Crippen LogP contribution in [0, 0.1) is 0 Å². The highest BCUT2D eigenvalue weighted by molar-refractivity contribution is 5.83. The second-order valence-electron chi connectivity index (χ2n) is 5.56. The molecule has 0 radical (unpaired) electrons. The van der Waals surface area contributed by atoms with Gasteiger partial charge in [-0.2, -0.15) is 0 Å². The minimum atomic E-state index is -0.655. The molecule has 1 aromatic heterocycles. The highest BCUT2D eigenvalue weighted by Gasteiger charge is 2.23. The third-order valence-electron chi connectivity index (χ3n) is 4.23. The largest absolute Gasteiger partial charge is 0.493 e. The molecule has 4 nitrogen and oxygen atoms in total. The van der Waals surface area contributed by atoms with Crippen LogP contribution in [0.1, 0.15) is 45.4 Å². The van der Waals surface area contributed by atoms with Crippen molar-refractivity contribution in [2.75, 3.05) is 13.7 Å². The minimum absolute atomic E-state index is 0.0340. The number of methoxy groups -OCH3 is 1. The van der Waals surface area contributed by atoms with Crippen LogP contribution in [0.2, 0.25) is 0 Å². The van der Waals surface area contributed by atoms with Crippen LogP contribution < -0.4 is 10.1 Å². The van der Waals surface area contributed by atoms with Gasteiger partial charge in [-0.3, -0.25) is 0 Å². The first-order valence-electron chi connectivity index (χ1n) is 7.55. The summed E-state index contributed by atoms with van der Waals surface area (Å²) in [4.78, 5) is 0. The number of fused-ring (bicyclic) bond motifs is 1. The van der Waals surface area contributed by atoms with Crippen molar-refractivity contribution in [2.45, 2.75) is 45.3 Å². The van der Waals surface area contributed by atoms with Crippen molar-refractivity contribution in [3.63, 3.8) is 0 Å². The van der Waals surface area contributed by atoms with Crippen molar-refractivity contribution in [3.05, 3.63) is 30.0 Å². The fourth-order valence-electron chi connectivity index (χ4n) is 2.37. The Kier molecular flexibility index (Phi) is 4.91. The van der Waals surface area contributed by atoms with Crippen molar-refractivity contribution in [1.29, 1.82) is 0 Å². The molecule has 0 aliphatic carbocycles. The fraction of sp³-hybridized carbons (Fsp3) is 0.529. The summed E-state index contributed by atoms with van der Waals surface area (Å²) in [6, 6.07) is 7.90. The van der Waals surface area contributed by atoms with Gasteiger partial charge in [0.1, 0.15) is 5.76 Å². The van der Waals surface area contributed by atoms with E-state index >= 15 is 0 Å². The third-order valence-corrected chi connectivity index (χ3v) is 4.23. The number of hydrogen-bond acceptors (Lipinski definition) is 4. The quantitative estimate of drug-likeness (QED) is 0.817. The van der Waals surface area contributed by atoms with Gasteiger partial charge in [0, 0.05) is 11.9 Å². The monoisotopic (exact) mass is 291 g/mol. The second-order valence-corrected chi connectivity index (χ2v) is 5.56. The van der Waals surface area contributed by atoms with E-state index in [1.54, 1.807) is 7.11 Å². The predicted molar refractivity (Wildman–Crippen MR) is 84.7 cm³/mol. The minimum Gasteiger partial charge on any atom is -0.493 e. The van der Waals surface area contributed by atoms with E-state index in [1.165, 1.54) is 0 Å². The van der Waals surface area contributed by atoms with E-state index < -0.39 is 5.60 Å². The molecule has 1 heterocycles. The van der Waals surface area contributed by atoms with Crippen molar-refractivity contribution in [3.8, 4) is 5.75 Å². The summed E-state index contributed by atoms with van der Waals surface area (Å²) in [5.41, 5.74) is 0.114. The standard InChI is InChI=1S/C17H25NO3/c1-5-17(19,6-2)11-18-12(3)15-10-13-8-7-9-14(20-4)16(13)21-15/h7-10,12,18-19H,5-6,11H2,1-4H3. The van der Waals surface area contributed by atoms with Crippen LogP contribution in [0.4, 0.5) is 0 Å². The van der Waals surface area contributed by atoms with E-state index in [2.05, 4.69) is 5.32 Å². The molecule has 0 saturated heterocycles. The summed E-state index contributed by atoms with van der Waals surface area (Å²) in [6.45, 7) is 6.59. The fourth-order valence-corrected chi connectivity index (χ4v) is 2.37. The summed E-state index contributed by atoms with van der Waals surface area (Å²) in [6.07, 6.45) is 1.47. The molecule has 21 heavy (non-hydrogen) atoms. The molecular weight excluding hydrogens is 266 g/mol. The van der Waals surface area contributed by atoms with Gasteiger partial charge >= 0.3 is 0 Å². The Morgan fingerprint density at radius 3 is 2.67 bits per heavy atom. The molecule has 4 heteroatoms. The first kappa shape index (κ1) is 15.9. The predicted octanol–water partition coefficient (Wildman–Crippen LogP) is 3.64. The number of furan rings is 1. The Hall–Kier alpha value is -1.52. The third kappa shape index (κ3) is 3.39. The molecule has 1 atom stereocenters. The Labute approximate surface area is 126 Å². The first-order chi connectivity index (χ1) is 10.0. The molecule has 0 aliphatic rings. The van der Waals surface area contributed by atoms with Gasteiger partial charge < -0.3 is 19.6 Å². The summed E-state index contributed by atoms with van der Waals surface area (Å²) >= 11 is 0. The number of aliphatic hydroxyl groups is 1. The van der Waals surface area contributed by atoms with E-state index in [0.717, 1.165) is 35.3 Å². The molecule has 1 aromatic carbocycles. The molecule has 0 amide bonds. The number of ether oxygens (including phenoxy) is 1. The topological polar surface area (TPSA) is 54.6 Å². The van der Waals surface area contributed by atoms with E-state index in [-0.39, 0.29) is 6.04 Å². The lowest BCUT2D eigenvalue weighted by atomic mass is 9.97. The Morgan fingerprint density at radius 2 is 2.05 bits per heavy atom. The van der Waals surface area contributed by atoms with Crippen LogP contribution in [0.25, 0.3) is 11.0 Å². The summed E-state index contributed by atoms with van der Waals surface area (Å²) in [5, 5.41) is 14.7. The van der Waals surface area contributed by atoms with Gasteiger partial charge in [0.15, 0.2) is 11.3 Å². The Morgan fingerprint density at radius 1 is 1.33 bits per heavy atom. The van der Waals surface area contributed by atoms with Gasteiger partial charge in [0.2, 0.25) is 0 Å². The number of rotatable bonds is 7. The normalized spacial score (nSPS) is 13.6. The van der Waals surface area contributed by atoms with E-state index in [9.17, 15) is 5.11 Å². The SMILES string of the molecule is CCC(O)(CC)CNC(C)c1cc2cccc(OC)c2o1. The van der Waals surface area contributed by atoms with Gasteiger partial charge in [-0.15, -0.1) is 0 Å². The van der Waals surface area contributed by atoms with Gasteiger partial charge in [-0.05, 0) is 31.9 Å². The van der Waals surface area contributed by atoms with Crippen LogP contribution in [0.15, 0.2) is 28.7 Å². The maximum Gasteiger partial charge on any atom is 0.176 e. The molecule has 2 N–H and O–H groups in total. The maximum absolute atomic E-state index is 10.3. The van der Waals surface area contributed by atoms with Crippen molar-refractivity contribution >= 4 is 11.0 Å². The molecule has 2 aromatic rings. The lowest BCUT2D eigenvalue weighted by molar-refractivity contribution is 0.0298. The van der Waals surface area contributed by atoms with Gasteiger partial charge in [0.25, 0.3) is 0 Å². The van der Waals surface area contributed by atoms with Crippen LogP contribution in [0.3, 0.4) is 0 Å². The zero-order valence-electron chi connectivity index (χ0n) is 13.3. The lowest BCUT2D eigenvalue weighted by Gasteiger charge is -2.27. The highest BCUT2D eigenvalue weighted by atomic mass is 16.5. The number of hydrogen-bond donors (Lipinski definition) is 2. The molecule has 0 aliphatic heterocycles. The number of benzene rings is 1. The maximum atomic E-state index is 10.3. The van der Waals surface area contributed by atoms with Crippen LogP contribution in [0.5, 0.6) is 5.75 Å². The van der Waals surface area contributed by atoms with Crippen LogP contribution in [-0.2, 0) is 0 Å². The van der Waals surface area contributed by atoms with Gasteiger partial charge in [-0.25, -0.2) is 0 Å². The van der Waals surface area contributed by atoms with Crippen LogP contribution in [-0.4, -0.2) is 24.4 Å². The molecule has 2 rings (SSSR count). The molecular formula is C17H25NO3. The summed E-state index contributed by atoms with van der Waals surface area (Å²) < 4.78 is 11.2. The van der Waals surface area contributed by atoms with Gasteiger partial charge in [-0.1, -0.05) is 26.0 Å². The Bertz CT molecular complexity index is 587.